The maximum absolute atomic E-state index is 14.5. The summed E-state index contributed by atoms with van der Waals surface area (Å²) in [4.78, 5) is 41.3. The van der Waals surface area contributed by atoms with Crippen LogP contribution in [0.1, 0.15) is 153 Å². The molecular formula is C51H69O5P. The molecule has 1 spiro atoms. The fourth-order valence-electron chi connectivity index (χ4n) is 12.1. The first kappa shape index (κ1) is 42.1. The fourth-order valence-corrected chi connectivity index (χ4v) is 12.8. The van der Waals surface area contributed by atoms with Gasteiger partial charge in [-0.2, -0.15) is 0 Å². The molecule has 0 fully saturated rings. The highest BCUT2D eigenvalue weighted by Gasteiger charge is 2.62. The Balaban J connectivity index is 1.59. The lowest BCUT2D eigenvalue weighted by atomic mass is 9.65. The highest BCUT2D eigenvalue weighted by molar-refractivity contribution is 7.41. The SMILES string of the molecule is CC(C)C1=CC(C(C)C)=C(C2=C3OP(O)Oc4c(C5=C(C(C)C)C=C(C(C)C)C(=O)C5C(C)C)ccc5c4C4(CC(C)(C)C(=C34)CC2)CC5(C)C)C(C(C)C)C1=O. The lowest BCUT2D eigenvalue weighted by Crippen LogP contribution is -2.34. The number of carbonyl (C=O) groups excluding carboxylic acids is 2. The molecule has 1 N–H and O–H groups in total. The Morgan fingerprint density at radius 3 is 1.68 bits per heavy atom. The topological polar surface area (TPSA) is 72.8 Å². The molecule has 5 nitrogen and oxygen atoms in total. The zero-order valence-corrected chi connectivity index (χ0v) is 38.7. The average Bonchev–Trinajstić information content (AvgIpc) is 3.45. The third-order valence-corrected chi connectivity index (χ3v) is 15.0. The maximum Gasteiger partial charge on any atom is 0.460 e. The van der Waals surface area contributed by atoms with Crippen LogP contribution in [0.15, 0.2) is 74.6 Å². The molecule has 1 aliphatic heterocycles. The first-order chi connectivity index (χ1) is 26.5. The van der Waals surface area contributed by atoms with Crippen LogP contribution in [0.3, 0.4) is 0 Å². The van der Waals surface area contributed by atoms with Crippen molar-refractivity contribution in [2.75, 3.05) is 0 Å². The summed E-state index contributed by atoms with van der Waals surface area (Å²) >= 11 is 0. The van der Waals surface area contributed by atoms with E-state index >= 15 is 0 Å². The van der Waals surface area contributed by atoms with Crippen molar-refractivity contribution in [2.45, 2.75) is 147 Å². The number of carbonyl (C=O) groups is 2. The molecule has 0 aromatic heterocycles. The van der Waals surface area contributed by atoms with Crippen molar-refractivity contribution in [3.8, 4) is 5.75 Å². The van der Waals surface area contributed by atoms with Crippen LogP contribution in [-0.4, -0.2) is 16.5 Å². The van der Waals surface area contributed by atoms with E-state index in [4.69, 9.17) is 9.05 Å². The van der Waals surface area contributed by atoms with Gasteiger partial charge in [-0.1, -0.05) is 141 Å². The van der Waals surface area contributed by atoms with Gasteiger partial charge in [0, 0.05) is 22.1 Å². The molecule has 0 radical (unpaired) electrons. The van der Waals surface area contributed by atoms with E-state index in [1.807, 2.05) is 0 Å². The normalized spacial score (nSPS) is 28.2. The second kappa shape index (κ2) is 14.3. The Hall–Kier alpha value is -3.01. The van der Waals surface area contributed by atoms with Crippen LogP contribution in [-0.2, 0) is 24.9 Å². The molecule has 4 atom stereocenters. The first-order valence-electron chi connectivity index (χ1n) is 22.0. The van der Waals surface area contributed by atoms with Crippen molar-refractivity contribution in [2.24, 2.45) is 52.8 Å². The van der Waals surface area contributed by atoms with E-state index in [2.05, 4.69) is 135 Å². The van der Waals surface area contributed by atoms with Gasteiger partial charge in [0.25, 0.3) is 0 Å². The predicted octanol–water partition coefficient (Wildman–Crippen LogP) is 13.2. The zero-order chi connectivity index (χ0) is 42.0. The fraction of sp³-hybridized carbons (Fsp3) is 0.608. The largest absolute Gasteiger partial charge is 0.460 e. The van der Waals surface area contributed by atoms with Gasteiger partial charge in [-0.3, -0.25) is 9.59 Å². The lowest BCUT2D eigenvalue weighted by molar-refractivity contribution is -0.120. The van der Waals surface area contributed by atoms with Gasteiger partial charge in [0.05, 0.1) is 11.8 Å². The van der Waals surface area contributed by atoms with Gasteiger partial charge in [0.1, 0.15) is 11.5 Å². The summed E-state index contributed by atoms with van der Waals surface area (Å²) in [5.74, 6) is 1.97. The molecule has 57 heavy (non-hydrogen) atoms. The van der Waals surface area contributed by atoms with Gasteiger partial charge in [-0.15, -0.1) is 0 Å². The standard InChI is InChI=1S/C51H69O5P/c1-25(2)33-21-35(27(5)6)45(52)39(29(9)10)41(33)31-17-19-37-43-47(31)55-57(54)56-48-32(18-20-38-44(48)51(43,23-49(37,13)14)24-50(38,15)16)42-34(26(3)4)22-36(28(7)8)46(53)40(42)30(11)12/h17,19,21-22,25-30,39-40,54H,18,20,23-24H2,1-16H3. The van der Waals surface area contributed by atoms with Crippen molar-refractivity contribution in [1.82, 2.24) is 0 Å². The molecule has 0 saturated heterocycles. The first-order valence-corrected chi connectivity index (χ1v) is 23.1. The zero-order valence-electron chi connectivity index (χ0n) is 37.8. The summed E-state index contributed by atoms with van der Waals surface area (Å²) < 4.78 is 14.0. The van der Waals surface area contributed by atoms with Crippen LogP contribution in [0.4, 0.5) is 0 Å². The van der Waals surface area contributed by atoms with Gasteiger partial charge >= 0.3 is 8.60 Å². The molecule has 308 valence electrons. The van der Waals surface area contributed by atoms with Crippen LogP contribution in [0, 0.1) is 52.8 Å². The molecular weight excluding hydrogens is 724 g/mol. The van der Waals surface area contributed by atoms with E-state index < -0.39 is 14.0 Å². The van der Waals surface area contributed by atoms with Crippen molar-refractivity contribution in [3.05, 3.63) is 91.3 Å². The molecule has 0 amide bonds. The lowest BCUT2D eigenvalue weighted by Gasteiger charge is -2.41. The van der Waals surface area contributed by atoms with Crippen molar-refractivity contribution in [1.29, 1.82) is 0 Å². The molecule has 7 rings (SSSR count). The van der Waals surface area contributed by atoms with E-state index in [1.165, 1.54) is 27.9 Å². The Morgan fingerprint density at radius 1 is 0.667 bits per heavy atom. The summed E-state index contributed by atoms with van der Waals surface area (Å²) in [5.41, 5.74) is 12.5. The number of ketones is 2. The number of hydrogen-bond acceptors (Lipinski definition) is 5. The quantitative estimate of drug-likeness (QED) is 0.265. The molecule has 1 heterocycles. The van der Waals surface area contributed by atoms with E-state index in [9.17, 15) is 14.5 Å². The molecule has 1 aromatic rings. The van der Waals surface area contributed by atoms with Gasteiger partial charge < -0.3 is 13.9 Å². The van der Waals surface area contributed by atoms with Crippen LogP contribution in [0.5, 0.6) is 5.75 Å². The number of Topliss-reactive ketones (excluding diaryl/α,β-unsaturated/α-hetero) is 2. The molecule has 0 saturated carbocycles. The number of allylic oxidation sites excluding steroid dienone is 11. The second-order valence-corrected chi connectivity index (χ2v) is 22.2. The second-order valence-electron chi connectivity index (χ2n) is 21.4. The minimum absolute atomic E-state index is 0.0611. The van der Waals surface area contributed by atoms with Gasteiger partial charge in [-0.25, -0.2) is 0 Å². The van der Waals surface area contributed by atoms with Crippen LogP contribution in [0.2, 0.25) is 0 Å². The Labute approximate surface area is 345 Å². The number of rotatable bonds is 8. The Bertz CT molecular complexity index is 2120. The summed E-state index contributed by atoms with van der Waals surface area (Å²) in [6.45, 7) is 35.5. The molecule has 1 aromatic carbocycles. The minimum Gasteiger partial charge on any atom is -0.417 e. The maximum atomic E-state index is 14.5. The Morgan fingerprint density at radius 2 is 1.18 bits per heavy atom. The van der Waals surface area contributed by atoms with E-state index in [1.54, 1.807) is 0 Å². The van der Waals surface area contributed by atoms with Crippen LogP contribution in [0.25, 0.3) is 5.57 Å². The van der Waals surface area contributed by atoms with E-state index in [-0.39, 0.29) is 69.7 Å². The van der Waals surface area contributed by atoms with Crippen molar-refractivity contribution >= 4 is 25.7 Å². The number of hydrogen-bond donors (Lipinski definition) is 1. The van der Waals surface area contributed by atoms with E-state index in [0.717, 1.165) is 70.4 Å². The van der Waals surface area contributed by atoms with Gasteiger partial charge in [0.15, 0.2) is 11.6 Å². The predicted molar refractivity (Wildman–Crippen MR) is 234 cm³/mol. The summed E-state index contributed by atoms with van der Waals surface area (Å²) in [6.07, 6.45) is 7.75. The van der Waals surface area contributed by atoms with Crippen LogP contribution < -0.4 is 4.52 Å². The smallest absolute Gasteiger partial charge is 0.417 e. The third-order valence-electron chi connectivity index (χ3n) is 14.4. The molecule has 6 aliphatic rings. The molecule has 6 heteroatoms. The average molecular weight is 793 g/mol. The molecule has 0 bridgehead atoms. The summed E-state index contributed by atoms with van der Waals surface area (Å²) in [6, 6.07) is 4.50. The molecule has 4 unspecified atom stereocenters. The molecule has 5 aliphatic carbocycles. The summed E-state index contributed by atoms with van der Waals surface area (Å²) in [5, 5.41) is 0. The highest BCUT2D eigenvalue weighted by Crippen LogP contribution is 2.72. The highest BCUT2D eigenvalue weighted by atomic mass is 31.2. The van der Waals surface area contributed by atoms with Crippen LogP contribution >= 0.6 is 8.60 Å². The van der Waals surface area contributed by atoms with E-state index in [0.29, 0.717) is 5.75 Å². The Kier molecular flexibility index (Phi) is 10.6. The minimum atomic E-state index is -2.45. The summed E-state index contributed by atoms with van der Waals surface area (Å²) in [7, 11) is -2.45. The van der Waals surface area contributed by atoms with Crippen molar-refractivity contribution in [3.63, 3.8) is 0 Å². The van der Waals surface area contributed by atoms with Crippen molar-refractivity contribution < 1.29 is 23.5 Å². The third kappa shape index (κ3) is 6.38. The van der Waals surface area contributed by atoms with Gasteiger partial charge in [-0.05, 0) is 117 Å². The monoisotopic (exact) mass is 792 g/mol. The number of benzene rings is 1. The van der Waals surface area contributed by atoms with Gasteiger partial charge in [0.2, 0.25) is 0 Å².